The molecule has 1 saturated heterocycles. The second kappa shape index (κ2) is 6.48. The van der Waals surface area contributed by atoms with E-state index in [4.69, 9.17) is 17.3 Å². The van der Waals surface area contributed by atoms with E-state index in [9.17, 15) is 4.39 Å². The van der Waals surface area contributed by atoms with E-state index in [-0.39, 0.29) is 11.9 Å². The van der Waals surface area contributed by atoms with Crippen LogP contribution in [0.2, 0.25) is 5.02 Å². The van der Waals surface area contributed by atoms with Crippen LogP contribution in [0, 0.1) is 5.82 Å². The maximum Gasteiger partial charge on any atom is 0.128 e. The van der Waals surface area contributed by atoms with E-state index in [2.05, 4.69) is 10.4 Å². The van der Waals surface area contributed by atoms with Crippen molar-refractivity contribution in [3.63, 3.8) is 0 Å². The van der Waals surface area contributed by atoms with Gasteiger partial charge in [0.2, 0.25) is 0 Å². The fraction of sp³-hybridized carbons (Fsp3) is 0.538. The molecule has 0 aromatic heterocycles. The van der Waals surface area contributed by atoms with E-state index in [0.717, 1.165) is 13.1 Å². The lowest BCUT2D eigenvalue weighted by Gasteiger charge is -2.31. The maximum absolute atomic E-state index is 13.8. The molecule has 1 aliphatic heterocycles. The highest BCUT2D eigenvalue weighted by atomic mass is 35.5. The number of hydrogen-bond donors (Lipinski definition) is 2. The molecule has 1 fully saturated rings. The van der Waals surface area contributed by atoms with Gasteiger partial charge in [0.05, 0.1) is 6.04 Å². The zero-order valence-corrected chi connectivity index (χ0v) is 11.1. The van der Waals surface area contributed by atoms with Gasteiger partial charge in [-0.15, -0.1) is 0 Å². The fourth-order valence-electron chi connectivity index (χ4n) is 2.27. The predicted molar refractivity (Wildman–Crippen MR) is 71.8 cm³/mol. The van der Waals surface area contributed by atoms with Crippen LogP contribution in [-0.2, 0) is 0 Å². The number of hydrogen-bond acceptors (Lipinski definition) is 3. The Labute approximate surface area is 112 Å². The summed E-state index contributed by atoms with van der Waals surface area (Å²) in [6, 6.07) is 4.36. The van der Waals surface area contributed by atoms with Crippen LogP contribution in [0.25, 0.3) is 0 Å². The standard InChI is InChI=1S/C13H19ClFN3/c14-10-4-5-12(15)11(8-10)13(9-16)17-18-6-2-1-3-7-18/h4-5,8,13,17H,1-3,6-7,9,16H2. The molecule has 1 aromatic rings. The lowest BCUT2D eigenvalue weighted by atomic mass is 10.1. The fourth-order valence-corrected chi connectivity index (χ4v) is 2.45. The van der Waals surface area contributed by atoms with Crippen LogP contribution in [0.3, 0.4) is 0 Å². The first-order valence-corrected chi connectivity index (χ1v) is 6.74. The molecule has 0 saturated carbocycles. The molecular weight excluding hydrogens is 253 g/mol. The van der Waals surface area contributed by atoms with E-state index in [1.807, 2.05) is 0 Å². The number of nitrogens with two attached hydrogens (primary N) is 1. The Bertz CT molecular complexity index is 394. The molecule has 0 amide bonds. The van der Waals surface area contributed by atoms with Crippen molar-refractivity contribution < 1.29 is 4.39 Å². The molecule has 1 atom stereocenters. The molecule has 1 aliphatic rings. The van der Waals surface area contributed by atoms with Crippen LogP contribution in [0.1, 0.15) is 30.9 Å². The Morgan fingerprint density at radius 3 is 2.72 bits per heavy atom. The van der Waals surface area contributed by atoms with Gasteiger partial charge in [0.1, 0.15) is 5.82 Å². The predicted octanol–water partition coefficient (Wildman–Crippen LogP) is 2.47. The SMILES string of the molecule is NCC(NN1CCCCC1)c1cc(Cl)ccc1F. The van der Waals surface area contributed by atoms with Gasteiger partial charge < -0.3 is 5.73 Å². The Balaban J connectivity index is 2.09. The number of rotatable bonds is 4. The molecule has 1 unspecified atom stereocenters. The van der Waals surface area contributed by atoms with Crippen LogP contribution >= 0.6 is 11.6 Å². The number of nitrogens with zero attached hydrogens (tertiary/aromatic N) is 1. The van der Waals surface area contributed by atoms with E-state index < -0.39 is 0 Å². The number of piperidine rings is 1. The quantitative estimate of drug-likeness (QED) is 0.884. The third kappa shape index (κ3) is 3.42. The van der Waals surface area contributed by atoms with Crippen LogP contribution < -0.4 is 11.2 Å². The maximum atomic E-state index is 13.8. The summed E-state index contributed by atoms with van der Waals surface area (Å²) in [6.07, 6.45) is 3.60. The van der Waals surface area contributed by atoms with Gasteiger partial charge >= 0.3 is 0 Å². The zero-order valence-electron chi connectivity index (χ0n) is 10.3. The molecular formula is C13H19ClFN3. The summed E-state index contributed by atoms with van der Waals surface area (Å²) in [6.45, 7) is 2.31. The second-order valence-corrected chi connectivity index (χ2v) is 5.07. The molecule has 0 aliphatic carbocycles. The van der Waals surface area contributed by atoms with Crippen molar-refractivity contribution in [3.8, 4) is 0 Å². The Kier molecular flexibility index (Phi) is 4.95. The smallest absolute Gasteiger partial charge is 0.128 e. The Morgan fingerprint density at radius 2 is 2.06 bits per heavy atom. The normalized spacial score (nSPS) is 18.8. The summed E-state index contributed by atoms with van der Waals surface area (Å²) in [5.74, 6) is -0.264. The summed E-state index contributed by atoms with van der Waals surface area (Å²) in [5.41, 5.74) is 9.58. The summed E-state index contributed by atoms with van der Waals surface area (Å²) in [4.78, 5) is 0. The first-order valence-electron chi connectivity index (χ1n) is 6.37. The van der Waals surface area contributed by atoms with Gasteiger partial charge in [0.25, 0.3) is 0 Å². The number of nitrogens with one attached hydrogen (secondary N) is 1. The molecule has 0 radical (unpaired) electrons. The number of halogens is 2. The van der Waals surface area contributed by atoms with Crippen LogP contribution in [0.15, 0.2) is 18.2 Å². The summed E-state index contributed by atoms with van der Waals surface area (Å²) < 4.78 is 13.8. The topological polar surface area (TPSA) is 41.3 Å². The van der Waals surface area contributed by atoms with Gasteiger partial charge in [-0.1, -0.05) is 18.0 Å². The molecule has 100 valence electrons. The number of hydrazine groups is 1. The molecule has 18 heavy (non-hydrogen) atoms. The van der Waals surface area contributed by atoms with Gasteiger partial charge in [0, 0.05) is 30.2 Å². The monoisotopic (exact) mass is 271 g/mol. The van der Waals surface area contributed by atoms with Crippen molar-refractivity contribution in [2.24, 2.45) is 5.73 Å². The van der Waals surface area contributed by atoms with Crippen LogP contribution in [0.5, 0.6) is 0 Å². The van der Waals surface area contributed by atoms with Crippen molar-refractivity contribution >= 4 is 11.6 Å². The highest BCUT2D eigenvalue weighted by Crippen LogP contribution is 2.21. The summed E-state index contributed by atoms with van der Waals surface area (Å²) in [7, 11) is 0. The highest BCUT2D eigenvalue weighted by molar-refractivity contribution is 6.30. The Morgan fingerprint density at radius 1 is 1.33 bits per heavy atom. The number of benzene rings is 1. The summed E-state index contributed by atoms with van der Waals surface area (Å²) in [5, 5.41) is 2.66. The average molecular weight is 272 g/mol. The second-order valence-electron chi connectivity index (χ2n) is 4.63. The molecule has 0 bridgehead atoms. The van der Waals surface area contributed by atoms with Gasteiger partial charge in [-0.3, -0.25) is 0 Å². The minimum absolute atomic E-state index is 0.221. The molecule has 3 nitrogen and oxygen atoms in total. The van der Waals surface area contributed by atoms with Crippen molar-refractivity contribution in [2.75, 3.05) is 19.6 Å². The first kappa shape index (κ1) is 13.7. The summed E-state index contributed by atoms with van der Waals surface area (Å²) >= 11 is 5.91. The lowest BCUT2D eigenvalue weighted by Crippen LogP contribution is -2.45. The largest absolute Gasteiger partial charge is 0.329 e. The first-order chi connectivity index (χ1) is 8.70. The third-order valence-electron chi connectivity index (χ3n) is 3.26. The molecule has 3 N–H and O–H groups in total. The molecule has 2 rings (SSSR count). The van der Waals surface area contributed by atoms with Gasteiger partial charge in [-0.2, -0.15) is 0 Å². The van der Waals surface area contributed by atoms with E-state index in [1.54, 1.807) is 12.1 Å². The van der Waals surface area contributed by atoms with E-state index in [0.29, 0.717) is 17.1 Å². The van der Waals surface area contributed by atoms with Gasteiger partial charge in [-0.05, 0) is 31.0 Å². The minimum atomic E-state index is -0.264. The molecule has 1 heterocycles. The van der Waals surface area contributed by atoms with E-state index in [1.165, 1.54) is 25.3 Å². The van der Waals surface area contributed by atoms with Crippen molar-refractivity contribution in [1.29, 1.82) is 0 Å². The Hall–Kier alpha value is -0.680. The van der Waals surface area contributed by atoms with Crippen LogP contribution in [-0.4, -0.2) is 24.6 Å². The van der Waals surface area contributed by atoms with Gasteiger partial charge in [0.15, 0.2) is 0 Å². The highest BCUT2D eigenvalue weighted by Gasteiger charge is 2.19. The average Bonchev–Trinajstić information content (AvgIpc) is 2.40. The molecule has 5 heteroatoms. The van der Waals surface area contributed by atoms with E-state index >= 15 is 0 Å². The van der Waals surface area contributed by atoms with Crippen LogP contribution in [0.4, 0.5) is 4.39 Å². The minimum Gasteiger partial charge on any atom is -0.329 e. The van der Waals surface area contributed by atoms with Crippen molar-refractivity contribution in [1.82, 2.24) is 10.4 Å². The molecule has 0 spiro atoms. The third-order valence-corrected chi connectivity index (χ3v) is 3.50. The van der Waals surface area contributed by atoms with Gasteiger partial charge in [-0.25, -0.2) is 14.8 Å². The van der Waals surface area contributed by atoms with Crippen molar-refractivity contribution in [2.45, 2.75) is 25.3 Å². The zero-order chi connectivity index (χ0) is 13.0. The lowest BCUT2D eigenvalue weighted by molar-refractivity contribution is 0.129. The molecule has 1 aromatic carbocycles. The van der Waals surface area contributed by atoms with Crippen molar-refractivity contribution in [3.05, 3.63) is 34.6 Å².